The number of benzene rings is 1. The molecule has 94 valence electrons. The Bertz CT molecular complexity index is 393. The highest BCUT2D eigenvalue weighted by molar-refractivity contribution is 5.72. The van der Waals surface area contributed by atoms with Gasteiger partial charge in [0.05, 0.1) is 6.61 Å². The molecule has 0 atom stereocenters. The first kappa shape index (κ1) is 13.5. The number of carbonyl (C=O) groups excluding carboxylic acids is 1. The van der Waals surface area contributed by atoms with Gasteiger partial charge in [0.1, 0.15) is 0 Å². The second-order valence-electron chi connectivity index (χ2n) is 3.89. The summed E-state index contributed by atoms with van der Waals surface area (Å²) >= 11 is 0. The molecule has 1 rings (SSSR count). The summed E-state index contributed by atoms with van der Waals surface area (Å²) in [6.45, 7) is 4.36. The van der Waals surface area contributed by atoms with E-state index < -0.39 is 0 Å². The summed E-state index contributed by atoms with van der Waals surface area (Å²) in [6, 6.07) is 4.91. The van der Waals surface area contributed by atoms with Gasteiger partial charge >= 0.3 is 0 Å². The van der Waals surface area contributed by atoms with Crippen LogP contribution in [0.2, 0.25) is 0 Å². The number of hydrogen-bond acceptors (Lipinski definition) is 2. The van der Waals surface area contributed by atoms with Crippen LogP contribution in [0.15, 0.2) is 18.2 Å². The Labute approximate surface area is 101 Å². The van der Waals surface area contributed by atoms with Gasteiger partial charge in [0.2, 0.25) is 5.91 Å². The van der Waals surface area contributed by atoms with Crippen LogP contribution in [0, 0.1) is 5.82 Å². The molecule has 0 aliphatic carbocycles. The van der Waals surface area contributed by atoms with Crippen molar-refractivity contribution in [3.63, 3.8) is 0 Å². The van der Waals surface area contributed by atoms with E-state index in [4.69, 9.17) is 4.74 Å². The van der Waals surface area contributed by atoms with Gasteiger partial charge in [0, 0.05) is 20.5 Å². The minimum atomic E-state index is -0.352. The van der Waals surface area contributed by atoms with Gasteiger partial charge in [0.25, 0.3) is 0 Å². The lowest BCUT2D eigenvalue weighted by Crippen LogP contribution is -2.26. The highest BCUT2D eigenvalue weighted by Crippen LogP contribution is 2.18. The van der Waals surface area contributed by atoms with E-state index >= 15 is 0 Å². The van der Waals surface area contributed by atoms with E-state index in [-0.39, 0.29) is 17.5 Å². The van der Waals surface area contributed by atoms with Gasteiger partial charge in [-0.15, -0.1) is 0 Å². The third-order valence-electron chi connectivity index (χ3n) is 2.57. The molecule has 17 heavy (non-hydrogen) atoms. The van der Waals surface area contributed by atoms with E-state index in [2.05, 4.69) is 0 Å². The van der Waals surface area contributed by atoms with Crippen LogP contribution in [0.25, 0.3) is 0 Å². The second kappa shape index (κ2) is 6.23. The predicted octanol–water partition coefficient (Wildman–Crippen LogP) is 2.25. The first-order valence-corrected chi connectivity index (χ1v) is 5.67. The molecule has 0 radical (unpaired) electrons. The third kappa shape index (κ3) is 4.06. The topological polar surface area (TPSA) is 29.5 Å². The van der Waals surface area contributed by atoms with Crippen LogP contribution in [0.5, 0.6) is 5.75 Å². The number of halogens is 1. The Hall–Kier alpha value is -1.58. The van der Waals surface area contributed by atoms with Crippen LogP contribution in [0.3, 0.4) is 0 Å². The smallest absolute Gasteiger partial charge is 0.219 e. The van der Waals surface area contributed by atoms with Crippen molar-refractivity contribution in [3.8, 4) is 5.75 Å². The van der Waals surface area contributed by atoms with Crippen molar-refractivity contribution in [2.24, 2.45) is 0 Å². The van der Waals surface area contributed by atoms with Gasteiger partial charge in [0.15, 0.2) is 11.6 Å². The number of likely N-dealkylation sites (N-methyl/N-ethyl adjacent to an activating group) is 1. The Morgan fingerprint density at radius 2 is 2.18 bits per heavy atom. The monoisotopic (exact) mass is 239 g/mol. The fraction of sp³-hybridized carbons (Fsp3) is 0.462. The highest BCUT2D eigenvalue weighted by atomic mass is 19.1. The summed E-state index contributed by atoms with van der Waals surface area (Å²) in [7, 11) is 1.73. The average Bonchev–Trinajstić information content (AvgIpc) is 2.29. The molecule has 0 aliphatic rings. The average molecular weight is 239 g/mol. The van der Waals surface area contributed by atoms with Crippen molar-refractivity contribution in [2.75, 3.05) is 20.2 Å². The summed E-state index contributed by atoms with van der Waals surface area (Å²) in [6.07, 6.45) is 0.638. The van der Waals surface area contributed by atoms with Gasteiger partial charge in [-0.2, -0.15) is 0 Å². The predicted molar refractivity (Wildman–Crippen MR) is 64.6 cm³/mol. The molecule has 0 unspecified atom stereocenters. The molecule has 0 aliphatic heterocycles. The van der Waals surface area contributed by atoms with Crippen molar-refractivity contribution < 1.29 is 13.9 Å². The zero-order chi connectivity index (χ0) is 12.8. The molecule has 0 heterocycles. The number of ether oxygens (including phenoxy) is 1. The maximum Gasteiger partial charge on any atom is 0.219 e. The van der Waals surface area contributed by atoms with Gasteiger partial charge < -0.3 is 9.64 Å². The van der Waals surface area contributed by atoms with Gasteiger partial charge in [-0.05, 0) is 31.0 Å². The summed E-state index contributed by atoms with van der Waals surface area (Å²) in [5.74, 6) is -0.0672. The first-order chi connectivity index (χ1) is 8.04. The summed E-state index contributed by atoms with van der Waals surface area (Å²) in [5, 5.41) is 0. The van der Waals surface area contributed by atoms with Crippen molar-refractivity contribution in [2.45, 2.75) is 20.3 Å². The fourth-order valence-electron chi connectivity index (χ4n) is 1.43. The Morgan fingerprint density at radius 1 is 1.47 bits per heavy atom. The Kier molecular flexibility index (Phi) is 4.94. The molecule has 1 aromatic carbocycles. The van der Waals surface area contributed by atoms with E-state index in [1.54, 1.807) is 18.0 Å². The molecule has 0 N–H and O–H groups in total. The number of hydrogen-bond donors (Lipinski definition) is 0. The normalized spacial score (nSPS) is 10.1. The highest BCUT2D eigenvalue weighted by Gasteiger charge is 2.06. The molecule has 4 heteroatoms. The molecule has 1 amide bonds. The molecule has 3 nitrogen and oxygen atoms in total. The maximum absolute atomic E-state index is 13.5. The first-order valence-electron chi connectivity index (χ1n) is 5.67. The number of rotatable bonds is 5. The summed E-state index contributed by atoms with van der Waals surface area (Å²) < 4.78 is 18.6. The lowest BCUT2D eigenvalue weighted by Gasteiger charge is -2.14. The molecular formula is C13H18FNO2. The number of nitrogens with zero attached hydrogens (tertiary/aromatic N) is 1. The van der Waals surface area contributed by atoms with E-state index in [1.807, 2.05) is 13.0 Å². The van der Waals surface area contributed by atoms with Crippen molar-refractivity contribution in [3.05, 3.63) is 29.6 Å². The van der Waals surface area contributed by atoms with Crippen LogP contribution in [-0.4, -0.2) is 31.0 Å². The minimum absolute atomic E-state index is 0.0106. The van der Waals surface area contributed by atoms with Crippen molar-refractivity contribution in [1.82, 2.24) is 4.90 Å². The van der Waals surface area contributed by atoms with Crippen LogP contribution in [0.1, 0.15) is 19.4 Å². The molecular weight excluding hydrogens is 221 g/mol. The van der Waals surface area contributed by atoms with Crippen molar-refractivity contribution in [1.29, 1.82) is 0 Å². The summed E-state index contributed by atoms with van der Waals surface area (Å²) in [5.41, 5.74) is 0.860. The zero-order valence-electron chi connectivity index (χ0n) is 10.5. The van der Waals surface area contributed by atoms with Crippen LogP contribution in [-0.2, 0) is 11.2 Å². The zero-order valence-corrected chi connectivity index (χ0v) is 10.5. The van der Waals surface area contributed by atoms with Crippen LogP contribution >= 0.6 is 0 Å². The van der Waals surface area contributed by atoms with Gasteiger partial charge in [-0.3, -0.25) is 4.79 Å². The van der Waals surface area contributed by atoms with Crippen LogP contribution < -0.4 is 4.74 Å². The molecule has 0 fully saturated rings. The standard InChI is InChI=1S/C13H18FNO2/c1-4-17-13-6-5-11(9-12(13)14)7-8-15(3)10(2)16/h5-6,9H,4,7-8H2,1-3H3. The van der Waals surface area contributed by atoms with E-state index in [0.29, 0.717) is 19.6 Å². The molecule has 0 aromatic heterocycles. The van der Waals surface area contributed by atoms with Gasteiger partial charge in [-0.25, -0.2) is 4.39 Å². The molecule has 1 aromatic rings. The van der Waals surface area contributed by atoms with E-state index in [0.717, 1.165) is 5.56 Å². The maximum atomic E-state index is 13.5. The second-order valence-corrected chi connectivity index (χ2v) is 3.89. The van der Waals surface area contributed by atoms with Crippen molar-refractivity contribution >= 4 is 5.91 Å². The SMILES string of the molecule is CCOc1ccc(CCN(C)C(C)=O)cc1F. The quantitative estimate of drug-likeness (QED) is 0.788. The Morgan fingerprint density at radius 3 is 2.71 bits per heavy atom. The number of carbonyl (C=O) groups is 1. The van der Waals surface area contributed by atoms with Gasteiger partial charge in [-0.1, -0.05) is 6.07 Å². The molecule has 0 saturated heterocycles. The number of amides is 1. The third-order valence-corrected chi connectivity index (χ3v) is 2.57. The van der Waals surface area contributed by atoms with E-state index in [9.17, 15) is 9.18 Å². The minimum Gasteiger partial charge on any atom is -0.491 e. The fourth-order valence-corrected chi connectivity index (χ4v) is 1.43. The largest absolute Gasteiger partial charge is 0.491 e. The molecule has 0 bridgehead atoms. The summed E-state index contributed by atoms with van der Waals surface area (Å²) in [4.78, 5) is 12.6. The Balaban J connectivity index is 2.61. The van der Waals surface area contributed by atoms with E-state index in [1.165, 1.54) is 13.0 Å². The molecule has 0 spiro atoms. The molecule has 0 saturated carbocycles. The lowest BCUT2D eigenvalue weighted by molar-refractivity contribution is -0.127. The lowest BCUT2D eigenvalue weighted by atomic mass is 10.1. The van der Waals surface area contributed by atoms with Crippen LogP contribution in [0.4, 0.5) is 4.39 Å².